The van der Waals surface area contributed by atoms with E-state index in [0.29, 0.717) is 5.71 Å². The molecule has 0 radical (unpaired) electrons. The van der Waals surface area contributed by atoms with Gasteiger partial charge in [-0.3, -0.25) is 4.28 Å². The van der Waals surface area contributed by atoms with Crippen molar-refractivity contribution < 1.29 is 21.1 Å². The fourth-order valence-electron chi connectivity index (χ4n) is 2.30. The van der Waals surface area contributed by atoms with Gasteiger partial charge in [-0.2, -0.15) is 12.7 Å². The van der Waals surface area contributed by atoms with Gasteiger partial charge in [-0.1, -0.05) is 40.5 Å². The van der Waals surface area contributed by atoms with Gasteiger partial charge < -0.3 is 0 Å². The van der Waals surface area contributed by atoms with Crippen molar-refractivity contribution in [1.29, 1.82) is 0 Å². The van der Waals surface area contributed by atoms with Crippen molar-refractivity contribution >= 4 is 25.9 Å². The number of rotatable bonds is 5. The Morgan fingerprint density at radius 3 is 1.77 bits per heavy atom. The molecule has 0 atom stereocenters. The maximum Gasteiger partial charge on any atom is 0.358 e. The van der Waals surface area contributed by atoms with E-state index in [-0.39, 0.29) is 22.9 Å². The smallest absolute Gasteiger partial charge is 0.265 e. The van der Waals surface area contributed by atoms with Crippen LogP contribution in [-0.4, -0.2) is 39.9 Å². The predicted molar refractivity (Wildman–Crippen MR) is 96.8 cm³/mol. The summed E-state index contributed by atoms with van der Waals surface area (Å²) in [5.74, 6) is 0. The Balaban J connectivity index is 1.66. The molecule has 1 heterocycles. The van der Waals surface area contributed by atoms with Crippen LogP contribution in [0.25, 0.3) is 0 Å². The van der Waals surface area contributed by atoms with Gasteiger partial charge >= 0.3 is 10.1 Å². The monoisotopic (exact) mass is 394 g/mol. The van der Waals surface area contributed by atoms with Gasteiger partial charge in [0.25, 0.3) is 0 Å². The minimum atomic E-state index is -4.01. The van der Waals surface area contributed by atoms with Gasteiger partial charge in [-0.25, -0.2) is 8.42 Å². The van der Waals surface area contributed by atoms with Crippen LogP contribution in [0, 0.1) is 13.8 Å². The molecular formula is C17H18N2O5S2. The Hall–Kier alpha value is -2.23. The Morgan fingerprint density at radius 2 is 1.27 bits per heavy atom. The van der Waals surface area contributed by atoms with Crippen LogP contribution in [0.15, 0.2) is 63.5 Å². The van der Waals surface area contributed by atoms with Crippen molar-refractivity contribution in [2.45, 2.75) is 23.6 Å². The van der Waals surface area contributed by atoms with Crippen molar-refractivity contribution in [1.82, 2.24) is 4.31 Å². The Morgan fingerprint density at radius 1 is 0.808 bits per heavy atom. The number of aryl methyl sites for hydroxylation is 2. The van der Waals surface area contributed by atoms with Gasteiger partial charge in [-0.15, -0.1) is 0 Å². The van der Waals surface area contributed by atoms with Crippen LogP contribution >= 0.6 is 0 Å². The number of oxime groups is 1. The van der Waals surface area contributed by atoms with Gasteiger partial charge in [0.05, 0.1) is 23.7 Å². The molecule has 0 aromatic heterocycles. The lowest BCUT2D eigenvalue weighted by Gasteiger charge is -2.30. The number of hydrogen-bond acceptors (Lipinski definition) is 6. The van der Waals surface area contributed by atoms with Crippen molar-refractivity contribution in [2.24, 2.45) is 5.16 Å². The summed E-state index contributed by atoms with van der Waals surface area (Å²) in [6.45, 7) is 3.71. The van der Waals surface area contributed by atoms with Gasteiger partial charge in [0, 0.05) is 0 Å². The summed E-state index contributed by atoms with van der Waals surface area (Å²) in [6, 6.07) is 12.7. The van der Waals surface area contributed by atoms with E-state index < -0.39 is 20.1 Å². The van der Waals surface area contributed by atoms with Crippen LogP contribution in [0.4, 0.5) is 0 Å². The zero-order valence-electron chi connectivity index (χ0n) is 14.3. The van der Waals surface area contributed by atoms with Crippen molar-refractivity contribution in [2.75, 3.05) is 13.1 Å². The fourth-order valence-corrected chi connectivity index (χ4v) is 4.47. The highest BCUT2D eigenvalue weighted by Crippen LogP contribution is 2.21. The Labute approximate surface area is 153 Å². The molecule has 0 amide bonds. The molecule has 2 aromatic rings. The van der Waals surface area contributed by atoms with E-state index in [0.717, 1.165) is 11.1 Å². The fraction of sp³-hybridized carbons (Fsp3) is 0.235. The molecule has 0 aliphatic carbocycles. The first-order valence-corrected chi connectivity index (χ1v) is 10.7. The quantitative estimate of drug-likeness (QED) is 0.724. The summed E-state index contributed by atoms with van der Waals surface area (Å²) in [5.41, 5.74) is 2.23. The normalized spacial score (nSPS) is 15.4. The summed E-state index contributed by atoms with van der Waals surface area (Å²) in [6.07, 6.45) is 0. The van der Waals surface area contributed by atoms with Crippen LogP contribution in [0.5, 0.6) is 0 Å². The molecule has 1 aliphatic heterocycles. The zero-order valence-corrected chi connectivity index (χ0v) is 15.9. The third kappa shape index (κ3) is 3.79. The second-order valence-corrected chi connectivity index (χ2v) is 9.55. The van der Waals surface area contributed by atoms with E-state index in [2.05, 4.69) is 9.44 Å². The molecule has 0 unspecified atom stereocenters. The average molecular weight is 394 g/mol. The topological polar surface area (TPSA) is 93.1 Å². The van der Waals surface area contributed by atoms with Crippen LogP contribution in [-0.2, 0) is 24.4 Å². The van der Waals surface area contributed by atoms with E-state index in [1.54, 1.807) is 24.3 Å². The third-order valence-electron chi connectivity index (χ3n) is 3.95. The lowest BCUT2D eigenvalue weighted by atomic mass is 10.2. The molecule has 9 heteroatoms. The molecule has 0 bridgehead atoms. The van der Waals surface area contributed by atoms with Crippen LogP contribution in [0.3, 0.4) is 0 Å². The molecule has 26 heavy (non-hydrogen) atoms. The van der Waals surface area contributed by atoms with E-state index in [1.165, 1.54) is 28.6 Å². The van der Waals surface area contributed by atoms with E-state index >= 15 is 0 Å². The summed E-state index contributed by atoms with van der Waals surface area (Å²) < 4.78 is 54.9. The first-order valence-electron chi connectivity index (χ1n) is 7.81. The minimum absolute atomic E-state index is 0.000369. The molecule has 2 aromatic carbocycles. The number of nitrogens with zero attached hydrogens (tertiary/aromatic N) is 2. The van der Waals surface area contributed by atoms with Crippen LogP contribution in [0.2, 0.25) is 0 Å². The van der Waals surface area contributed by atoms with E-state index in [4.69, 9.17) is 0 Å². The first-order chi connectivity index (χ1) is 12.2. The van der Waals surface area contributed by atoms with E-state index in [9.17, 15) is 16.8 Å². The summed E-state index contributed by atoms with van der Waals surface area (Å²) in [5, 5.41) is 3.59. The van der Waals surface area contributed by atoms with Crippen molar-refractivity contribution in [3.63, 3.8) is 0 Å². The zero-order chi connectivity index (χ0) is 18.9. The standard InChI is InChI=1S/C17H18N2O5S2/c1-13-3-7-16(8-4-13)25(20,21)19-11-15(12-19)18-24-26(22,23)17-9-5-14(2)6-10-17/h3-10H,11-12H2,1-2H3. The number of benzene rings is 2. The first kappa shape index (κ1) is 18.6. The molecule has 7 nitrogen and oxygen atoms in total. The summed E-state index contributed by atoms with van der Waals surface area (Å²) in [7, 11) is -7.63. The summed E-state index contributed by atoms with van der Waals surface area (Å²) >= 11 is 0. The maximum absolute atomic E-state index is 12.4. The van der Waals surface area contributed by atoms with Gasteiger partial charge in [0.1, 0.15) is 4.90 Å². The van der Waals surface area contributed by atoms with Gasteiger partial charge in [-0.05, 0) is 38.1 Å². The second-order valence-electron chi connectivity index (χ2n) is 6.09. The van der Waals surface area contributed by atoms with Gasteiger partial charge in [0.2, 0.25) is 10.0 Å². The number of sulfonamides is 1. The van der Waals surface area contributed by atoms with E-state index in [1.807, 2.05) is 13.8 Å². The van der Waals surface area contributed by atoms with Gasteiger partial charge in [0.15, 0.2) is 0 Å². The molecule has 1 fully saturated rings. The largest absolute Gasteiger partial charge is 0.358 e. The lowest BCUT2D eigenvalue weighted by molar-refractivity contribution is 0.326. The highest BCUT2D eigenvalue weighted by atomic mass is 32.2. The SMILES string of the molecule is Cc1ccc(S(=O)(=O)ON=C2CN(S(=O)(=O)c3ccc(C)cc3)C2)cc1. The highest BCUT2D eigenvalue weighted by molar-refractivity contribution is 7.89. The second kappa shape index (κ2) is 6.82. The third-order valence-corrected chi connectivity index (χ3v) is 6.88. The molecule has 0 saturated carbocycles. The number of hydrogen-bond donors (Lipinski definition) is 0. The summed E-state index contributed by atoms with van der Waals surface area (Å²) in [4.78, 5) is 0.186. The minimum Gasteiger partial charge on any atom is -0.265 e. The van der Waals surface area contributed by atoms with Crippen molar-refractivity contribution in [3.8, 4) is 0 Å². The lowest BCUT2D eigenvalue weighted by Crippen LogP contribution is -2.50. The average Bonchev–Trinajstić information content (AvgIpc) is 2.54. The predicted octanol–water partition coefficient (Wildman–Crippen LogP) is 2.07. The molecule has 1 aliphatic rings. The Bertz CT molecular complexity index is 1030. The molecular weight excluding hydrogens is 376 g/mol. The molecule has 1 saturated heterocycles. The van der Waals surface area contributed by atoms with Crippen molar-refractivity contribution in [3.05, 3.63) is 59.7 Å². The maximum atomic E-state index is 12.4. The van der Waals surface area contributed by atoms with Crippen LogP contribution < -0.4 is 0 Å². The highest BCUT2D eigenvalue weighted by Gasteiger charge is 2.35. The molecule has 0 N–H and O–H groups in total. The molecule has 138 valence electrons. The van der Waals surface area contributed by atoms with Crippen LogP contribution in [0.1, 0.15) is 11.1 Å². The molecule has 0 spiro atoms. The molecule has 3 rings (SSSR count). The Kier molecular flexibility index (Phi) is 4.87.